The third-order valence-electron chi connectivity index (χ3n) is 5.55. The molecule has 0 spiro atoms. The summed E-state index contributed by atoms with van der Waals surface area (Å²) in [5.74, 6) is 0.354. The molecule has 5 nitrogen and oxygen atoms in total. The molecular formula is C21H25ClN4OS. The predicted molar refractivity (Wildman–Crippen MR) is 115 cm³/mol. The lowest BCUT2D eigenvalue weighted by Crippen LogP contribution is -2.38. The normalized spacial score (nSPS) is 15.2. The molecule has 1 aromatic carbocycles. The number of fused-ring (bicyclic) bond motifs is 1. The number of carbonyl (C=O) groups excluding carboxylic acids is 1. The van der Waals surface area contributed by atoms with E-state index in [4.69, 9.17) is 16.6 Å². The smallest absolute Gasteiger partial charge is 0.231 e. The van der Waals surface area contributed by atoms with E-state index in [2.05, 4.69) is 4.98 Å². The van der Waals surface area contributed by atoms with Gasteiger partial charge in [-0.2, -0.15) is 0 Å². The molecule has 148 valence electrons. The molecule has 7 heteroatoms. The number of aromatic nitrogens is 3. The van der Waals surface area contributed by atoms with Gasteiger partial charge in [-0.05, 0) is 43.9 Å². The molecule has 0 radical (unpaired) electrons. The zero-order chi connectivity index (χ0) is 19.5. The van der Waals surface area contributed by atoms with Crippen LogP contribution in [0.5, 0.6) is 0 Å². The highest BCUT2D eigenvalue weighted by Gasteiger charge is 2.28. The molecule has 1 aliphatic rings. The van der Waals surface area contributed by atoms with Crippen molar-refractivity contribution in [2.24, 2.45) is 5.92 Å². The quantitative estimate of drug-likeness (QED) is 0.536. The van der Waals surface area contributed by atoms with Gasteiger partial charge in [-0.3, -0.25) is 9.69 Å². The van der Waals surface area contributed by atoms with Gasteiger partial charge in [0.1, 0.15) is 0 Å². The monoisotopic (exact) mass is 416 g/mol. The lowest BCUT2D eigenvalue weighted by Gasteiger charge is -2.27. The third kappa shape index (κ3) is 4.08. The zero-order valence-electron chi connectivity index (χ0n) is 16.1. The highest BCUT2D eigenvalue weighted by atomic mass is 35.5. The highest BCUT2D eigenvalue weighted by Crippen LogP contribution is 2.35. The summed E-state index contributed by atoms with van der Waals surface area (Å²) in [4.78, 5) is 24.2. The van der Waals surface area contributed by atoms with Crippen LogP contribution in [0, 0.1) is 12.8 Å². The molecule has 2 heterocycles. The molecule has 0 N–H and O–H groups in total. The number of aryl methyl sites for hydroxylation is 2. The summed E-state index contributed by atoms with van der Waals surface area (Å²) in [6, 6.07) is 3.91. The Morgan fingerprint density at radius 2 is 2.14 bits per heavy atom. The summed E-state index contributed by atoms with van der Waals surface area (Å²) in [5, 5.41) is 1.51. The van der Waals surface area contributed by atoms with Crippen molar-refractivity contribution in [1.82, 2.24) is 14.5 Å². The number of carbonyl (C=O) groups is 1. The van der Waals surface area contributed by atoms with Crippen molar-refractivity contribution in [3.8, 4) is 0 Å². The zero-order valence-corrected chi connectivity index (χ0v) is 17.7. The Bertz CT molecular complexity index is 947. The minimum absolute atomic E-state index is 0.124. The van der Waals surface area contributed by atoms with E-state index in [9.17, 15) is 4.79 Å². The molecule has 0 unspecified atom stereocenters. The molecule has 1 aliphatic carbocycles. The summed E-state index contributed by atoms with van der Waals surface area (Å²) in [6.07, 6.45) is 11.9. The van der Waals surface area contributed by atoms with Crippen molar-refractivity contribution in [2.75, 3.05) is 11.4 Å². The SMILES string of the molecule is Cc1c(Cl)ccc2sc(N(CCCn3ccnc3)C(=O)C3CCCCC3)nc12. The molecule has 3 aromatic rings. The van der Waals surface area contributed by atoms with Gasteiger partial charge in [0.25, 0.3) is 0 Å². The van der Waals surface area contributed by atoms with Crippen LogP contribution >= 0.6 is 22.9 Å². The minimum atomic E-state index is 0.124. The number of hydrogen-bond donors (Lipinski definition) is 0. The Morgan fingerprint density at radius 3 is 2.89 bits per heavy atom. The van der Waals surface area contributed by atoms with E-state index < -0.39 is 0 Å². The maximum atomic E-state index is 13.4. The van der Waals surface area contributed by atoms with Crippen molar-refractivity contribution < 1.29 is 4.79 Å². The van der Waals surface area contributed by atoms with Crippen LogP contribution in [0.4, 0.5) is 5.13 Å². The van der Waals surface area contributed by atoms with Gasteiger partial charge in [0, 0.05) is 36.4 Å². The average Bonchev–Trinajstić information content (AvgIpc) is 3.38. The topological polar surface area (TPSA) is 51.0 Å². The molecule has 0 bridgehead atoms. The van der Waals surface area contributed by atoms with Crippen molar-refractivity contribution in [3.05, 3.63) is 41.4 Å². The van der Waals surface area contributed by atoms with Gasteiger partial charge in [0.05, 0.1) is 16.5 Å². The van der Waals surface area contributed by atoms with Crippen LogP contribution in [0.3, 0.4) is 0 Å². The highest BCUT2D eigenvalue weighted by molar-refractivity contribution is 7.22. The number of imidazole rings is 1. The summed E-state index contributed by atoms with van der Waals surface area (Å²) < 4.78 is 3.12. The van der Waals surface area contributed by atoms with Crippen LogP contribution in [0.15, 0.2) is 30.9 Å². The van der Waals surface area contributed by atoms with Crippen LogP contribution < -0.4 is 4.90 Å². The predicted octanol–water partition coefficient (Wildman–Crippen LogP) is 5.46. The van der Waals surface area contributed by atoms with Crippen molar-refractivity contribution >= 4 is 44.2 Å². The van der Waals surface area contributed by atoms with E-state index in [1.165, 1.54) is 6.42 Å². The summed E-state index contributed by atoms with van der Waals surface area (Å²) in [7, 11) is 0. The number of anilines is 1. The standard InChI is InChI=1S/C21H25ClN4OS/c1-15-17(22)8-9-18-19(15)24-21(28-18)26(12-5-11-25-13-10-23-14-25)20(27)16-6-3-2-4-7-16/h8-10,13-14,16H,2-7,11-12H2,1H3. The first-order valence-corrected chi connectivity index (χ1v) is 11.2. The van der Waals surface area contributed by atoms with Crippen LogP contribution in [-0.4, -0.2) is 27.0 Å². The maximum absolute atomic E-state index is 13.4. The second-order valence-corrected chi connectivity index (χ2v) is 8.91. The number of benzene rings is 1. The first kappa shape index (κ1) is 19.4. The number of amides is 1. The Morgan fingerprint density at radius 1 is 1.32 bits per heavy atom. The fourth-order valence-corrected chi connectivity index (χ4v) is 5.11. The molecule has 1 amide bonds. The van der Waals surface area contributed by atoms with E-state index in [0.29, 0.717) is 6.54 Å². The fraction of sp³-hybridized carbons (Fsp3) is 0.476. The van der Waals surface area contributed by atoms with Crippen molar-refractivity contribution in [2.45, 2.75) is 52.0 Å². The molecular weight excluding hydrogens is 392 g/mol. The van der Waals surface area contributed by atoms with E-state index in [-0.39, 0.29) is 11.8 Å². The second kappa shape index (κ2) is 8.62. The number of rotatable bonds is 6. The molecule has 0 atom stereocenters. The number of halogens is 1. The van der Waals surface area contributed by atoms with Crippen LogP contribution in [0.1, 0.15) is 44.1 Å². The van der Waals surface area contributed by atoms with E-state index in [1.54, 1.807) is 17.5 Å². The van der Waals surface area contributed by atoms with E-state index in [0.717, 1.165) is 64.6 Å². The Balaban J connectivity index is 1.59. The van der Waals surface area contributed by atoms with Gasteiger partial charge in [-0.1, -0.05) is 42.2 Å². The first-order valence-electron chi connectivity index (χ1n) is 9.96. The number of hydrogen-bond acceptors (Lipinski definition) is 4. The summed E-state index contributed by atoms with van der Waals surface area (Å²) in [6.45, 7) is 3.49. The van der Waals surface area contributed by atoms with Gasteiger partial charge in [0.15, 0.2) is 5.13 Å². The molecule has 0 aliphatic heterocycles. The number of thiazole rings is 1. The Labute approximate surface area is 174 Å². The lowest BCUT2D eigenvalue weighted by atomic mass is 9.88. The molecule has 1 fully saturated rings. The van der Waals surface area contributed by atoms with Crippen molar-refractivity contribution in [3.63, 3.8) is 0 Å². The first-order chi connectivity index (χ1) is 13.6. The minimum Gasteiger partial charge on any atom is -0.337 e. The molecule has 4 rings (SSSR count). The lowest BCUT2D eigenvalue weighted by molar-refractivity contribution is -0.123. The van der Waals surface area contributed by atoms with Gasteiger partial charge < -0.3 is 4.57 Å². The van der Waals surface area contributed by atoms with Crippen LogP contribution in [0.25, 0.3) is 10.2 Å². The maximum Gasteiger partial charge on any atom is 0.231 e. The van der Waals surface area contributed by atoms with Crippen LogP contribution in [0.2, 0.25) is 5.02 Å². The van der Waals surface area contributed by atoms with E-state index >= 15 is 0 Å². The van der Waals surface area contributed by atoms with Gasteiger partial charge in [-0.15, -0.1) is 0 Å². The molecule has 0 saturated heterocycles. The Hall–Kier alpha value is -1.92. The molecule has 1 saturated carbocycles. The van der Waals surface area contributed by atoms with Gasteiger partial charge in [-0.25, -0.2) is 9.97 Å². The number of nitrogens with zero attached hydrogens (tertiary/aromatic N) is 4. The Kier molecular flexibility index (Phi) is 5.97. The fourth-order valence-electron chi connectivity index (χ4n) is 3.90. The largest absolute Gasteiger partial charge is 0.337 e. The third-order valence-corrected chi connectivity index (χ3v) is 7.00. The summed E-state index contributed by atoms with van der Waals surface area (Å²) >= 11 is 7.86. The average molecular weight is 417 g/mol. The second-order valence-electron chi connectivity index (χ2n) is 7.49. The van der Waals surface area contributed by atoms with Crippen LogP contribution in [-0.2, 0) is 11.3 Å². The van der Waals surface area contributed by atoms with Gasteiger partial charge >= 0.3 is 0 Å². The molecule has 28 heavy (non-hydrogen) atoms. The summed E-state index contributed by atoms with van der Waals surface area (Å²) in [5.41, 5.74) is 1.88. The van der Waals surface area contributed by atoms with Gasteiger partial charge in [0.2, 0.25) is 5.91 Å². The van der Waals surface area contributed by atoms with E-state index in [1.807, 2.05) is 41.0 Å². The molecule has 2 aromatic heterocycles. The van der Waals surface area contributed by atoms with Crippen molar-refractivity contribution in [1.29, 1.82) is 0 Å².